The summed E-state index contributed by atoms with van der Waals surface area (Å²) in [6, 6.07) is 4.49. The molecule has 1 amide bonds. The molecule has 0 fully saturated rings. The van der Waals surface area contributed by atoms with Crippen molar-refractivity contribution < 1.29 is 13.9 Å². The summed E-state index contributed by atoms with van der Waals surface area (Å²) in [6.07, 6.45) is 0.956. The molecule has 106 valence electrons. The molecule has 5 heteroatoms. The second kappa shape index (κ2) is 7.09. The minimum atomic E-state index is -0.422. The molecule has 19 heavy (non-hydrogen) atoms. The maximum Gasteiger partial charge on any atom is 0.222 e. The van der Waals surface area contributed by atoms with Crippen molar-refractivity contribution in [1.29, 1.82) is 0 Å². The first-order valence-corrected chi connectivity index (χ1v) is 6.29. The van der Waals surface area contributed by atoms with Crippen LogP contribution in [0.2, 0.25) is 0 Å². The number of benzene rings is 1. The first kappa shape index (κ1) is 15.4. The number of hydrogen-bond acceptors (Lipinski definition) is 3. The molecule has 1 aromatic carbocycles. The largest absolute Gasteiger partial charge is 0.491 e. The second-order valence-electron chi connectivity index (χ2n) is 4.72. The minimum absolute atomic E-state index is 0.0383. The normalized spacial score (nSPS) is 12.1. The molecule has 0 aromatic heterocycles. The van der Waals surface area contributed by atoms with Crippen LogP contribution >= 0.6 is 0 Å². The second-order valence-corrected chi connectivity index (χ2v) is 4.72. The summed E-state index contributed by atoms with van der Waals surface area (Å²) in [5, 5.41) is 0. The van der Waals surface area contributed by atoms with Crippen molar-refractivity contribution in [1.82, 2.24) is 4.90 Å². The van der Waals surface area contributed by atoms with Crippen molar-refractivity contribution in [2.45, 2.75) is 25.8 Å². The highest BCUT2D eigenvalue weighted by Crippen LogP contribution is 2.21. The van der Waals surface area contributed by atoms with E-state index in [4.69, 9.17) is 10.5 Å². The van der Waals surface area contributed by atoms with Crippen molar-refractivity contribution in [3.63, 3.8) is 0 Å². The maximum absolute atomic E-state index is 13.7. The number of ether oxygens (including phenoxy) is 1. The minimum Gasteiger partial charge on any atom is -0.491 e. The van der Waals surface area contributed by atoms with Crippen molar-refractivity contribution >= 4 is 5.91 Å². The highest BCUT2D eigenvalue weighted by atomic mass is 19.1. The molecule has 1 atom stereocenters. The Hall–Kier alpha value is -1.62. The topological polar surface area (TPSA) is 55.6 Å². The summed E-state index contributed by atoms with van der Waals surface area (Å²) in [7, 11) is 3.41. The number of rotatable bonds is 6. The lowest BCUT2D eigenvalue weighted by Gasteiger charge is -2.12. The van der Waals surface area contributed by atoms with Crippen molar-refractivity contribution in [3.8, 4) is 5.75 Å². The monoisotopic (exact) mass is 268 g/mol. The van der Waals surface area contributed by atoms with E-state index in [9.17, 15) is 9.18 Å². The Labute approximate surface area is 113 Å². The Bertz CT molecular complexity index is 433. The SMILES string of the molecule is CC(N)c1ccc(OCCCC(=O)N(C)C)c(F)c1. The number of halogens is 1. The Balaban J connectivity index is 2.44. The average Bonchev–Trinajstić information content (AvgIpc) is 2.35. The van der Waals surface area contributed by atoms with Crippen molar-refractivity contribution in [2.75, 3.05) is 20.7 Å². The van der Waals surface area contributed by atoms with E-state index in [0.29, 0.717) is 19.4 Å². The van der Waals surface area contributed by atoms with Crippen LogP contribution in [0.5, 0.6) is 5.75 Å². The molecule has 0 radical (unpaired) electrons. The zero-order valence-corrected chi connectivity index (χ0v) is 11.6. The van der Waals surface area contributed by atoms with Crippen LogP contribution in [0.15, 0.2) is 18.2 Å². The van der Waals surface area contributed by atoms with Gasteiger partial charge in [-0.2, -0.15) is 0 Å². The van der Waals surface area contributed by atoms with Gasteiger partial charge in [0.2, 0.25) is 5.91 Å². The van der Waals surface area contributed by atoms with Gasteiger partial charge in [0.05, 0.1) is 6.61 Å². The van der Waals surface area contributed by atoms with Gasteiger partial charge in [0.15, 0.2) is 11.6 Å². The summed E-state index contributed by atoms with van der Waals surface area (Å²) in [4.78, 5) is 12.8. The van der Waals surface area contributed by atoms with E-state index < -0.39 is 5.82 Å². The van der Waals surface area contributed by atoms with E-state index in [1.165, 1.54) is 11.0 Å². The molecule has 4 nitrogen and oxygen atoms in total. The summed E-state index contributed by atoms with van der Waals surface area (Å²) < 4.78 is 19.0. The number of carbonyl (C=O) groups is 1. The van der Waals surface area contributed by atoms with Crippen LogP contribution < -0.4 is 10.5 Å². The van der Waals surface area contributed by atoms with Crippen LogP contribution in [0.4, 0.5) is 4.39 Å². The predicted octanol–water partition coefficient (Wildman–Crippen LogP) is 2.09. The molecule has 0 saturated carbocycles. The Morgan fingerprint density at radius 2 is 2.16 bits per heavy atom. The third-order valence-electron chi connectivity index (χ3n) is 2.77. The summed E-state index contributed by atoms with van der Waals surface area (Å²) in [6.45, 7) is 2.11. The average molecular weight is 268 g/mol. The lowest BCUT2D eigenvalue weighted by molar-refractivity contribution is -0.128. The van der Waals surface area contributed by atoms with Gasteiger partial charge in [-0.1, -0.05) is 6.07 Å². The lowest BCUT2D eigenvalue weighted by atomic mass is 10.1. The summed E-state index contributed by atoms with van der Waals surface area (Å²) in [5.74, 6) is -0.188. The highest BCUT2D eigenvalue weighted by Gasteiger charge is 2.08. The lowest BCUT2D eigenvalue weighted by Crippen LogP contribution is -2.21. The first-order chi connectivity index (χ1) is 8.91. The van der Waals surface area contributed by atoms with Crippen LogP contribution in [0.25, 0.3) is 0 Å². The Kier molecular flexibility index (Phi) is 5.76. The molecule has 0 aliphatic carbocycles. The highest BCUT2D eigenvalue weighted by molar-refractivity contribution is 5.75. The van der Waals surface area contributed by atoms with E-state index in [-0.39, 0.29) is 17.7 Å². The smallest absolute Gasteiger partial charge is 0.222 e. The Morgan fingerprint density at radius 3 is 2.68 bits per heavy atom. The van der Waals surface area contributed by atoms with Gasteiger partial charge in [-0.3, -0.25) is 4.79 Å². The van der Waals surface area contributed by atoms with Crippen LogP contribution in [-0.2, 0) is 4.79 Å². The summed E-state index contributed by atoms with van der Waals surface area (Å²) >= 11 is 0. The van der Waals surface area contributed by atoms with Gasteiger partial charge >= 0.3 is 0 Å². The number of hydrogen-bond donors (Lipinski definition) is 1. The number of nitrogens with two attached hydrogens (primary N) is 1. The molecule has 0 aliphatic rings. The van der Waals surface area contributed by atoms with Gasteiger partial charge in [-0.15, -0.1) is 0 Å². The van der Waals surface area contributed by atoms with Crippen LogP contribution in [0.3, 0.4) is 0 Å². The van der Waals surface area contributed by atoms with Crippen molar-refractivity contribution in [2.24, 2.45) is 5.73 Å². The van der Waals surface area contributed by atoms with E-state index in [1.54, 1.807) is 33.2 Å². The molecule has 2 N–H and O–H groups in total. The zero-order chi connectivity index (χ0) is 14.4. The molecular formula is C14H21FN2O2. The quantitative estimate of drug-likeness (QED) is 0.804. The molecule has 0 saturated heterocycles. The van der Waals surface area contributed by atoms with Gasteiger partial charge in [0.25, 0.3) is 0 Å². The van der Waals surface area contributed by atoms with E-state index in [1.807, 2.05) is 0 Å². The fraction of sp³-hybridized carbons (Fsp3) is 0.500. The van der Waals surface area contributed by atoms with Crippen LogP contribution in [-0.4, -0.2) is 31.5 Å². The van der Waals surface area contributed by atoms with E-state index in [2.05, 4.69) is 0 Å². The number of nitrogens with zero attached hydrogens (tertiary/aromatic N) is 1. The van der Waals surface area contributed by atoms with Crippen LogP contribution in [0.1, 0.15) is 31.4 Å². The zero-order valence-electron chi connectivity index (χ0n) is 11.6. The molecule has 0 aliphatic heterocycles. The summed E-state index contributed by atoms with van der Waals surface area (Å²) in [5.41, 5.74) is 6.40. The van der Waals surface area contributed by atoms with E-state index in [0.717, 1.165) is 5.56 Å². The number of carbonyl (C=O) groups excluding carboxylic acids is 1. The standard InChI is InChI=1S/C14H21FN2O2/c1-10(16)11-6-7-13(12(15)9-11)19-8-4-5-14(18)17(2)3/h6-7,9-10H,4-5,8,16H2,1-3H3. The molecule has 1 rings (SSSR count). The first-order valence-electron chi connectivity index (χ1n) is 6.29. The van der Waals surface area contributed by atoms with Gasteiger partial charge in [0, 0.05) is 26.6 Å². The van der Waals surface area contributed by atoms with Gasteiger partial charge in [0.1, 0.15) is 0 Å². The van der Waals surface area contributed by atoms with Gasteiger partial charge in [-0.25, -0.2) is 4.39 Å². The molecular weight excluding hydrogens is 247 g/mol. The molecule has 1 unspecified atom stereocenters. The van der Waals surface area contributed by atoms with Gasteiger partial charge in [-0.05, 0) is 31.0 Å². The fourth-order valence-corrected chi connectivity index (χ4v) is 1.55. The maximum atomic E-state index is 13.7. The third-order valence-corrected chi connectivity index (χ3v) is 2.77. The molecule has 0 heterocycles. The molecule has 0 spiro atoms. The predicted molar refractivity (Wildman–Crippen MR) is 72.4 cm³/mol. The third kappa shape index (κ3) is 4.87. The van der Waals surface area contributed by atoms with E-state index >= 15 is 0 Å². The Morgan fingerprint density at radius 1 is 1.47 bits per heavy atom. The number of amides is 1. The molecule has 0 bridgehead atoms. The molecule has 1 aromatic rings. The van der Waals surface area contributed by atoms with Crippen molar-refractivity contribution in [3.05, 3.63) is 29.6 Å². The van der Waals surface area contributed by atoms with Crippen LogP contribution in [0, 0.1) is 5.82 Å². The van der Waals surface area contributed by atoms with Gasteiger partial charge < -0.3 is 15.4 Å². The fourth-order valence-electron chi connectivity index (χ4n) is 1.55.